The number of nitrogens with zero attached hydrogens (tertiary/aromatic N) is 4. The minimum atomic E-state index is -3.63. The maximum atomic E-state index is 12.8. The summed E-state index contributed by atoms with van der Waals surface area (Å²) in [6.45, 7) is 9.87. The quantitative estimate of drug-likeness (QED) is 0.246. The van der Waals surface area contributed by atoms with E-state index < -0.39 is 50.1 Å². The molecule has 0 aliphatic carbocycles. The maximum absolute atomic E-state index is 12.8. The van der Waals surface area contributed by atoms with Gasteiger partial charge >= 0.3 is 13.6 Å². The number of rotatable bonds is 10. The molecule has 1 saturated heterocycles. The summed E-state index contributed by atoms with van der Waals surface area (Å²) in [5, 5.41) is 13.5. The molecule has 0 radical (unpaired) electrons. The Kier molecular flexibility index (Phi) is 9.27. The first-order chi connectivity index (χ1) is 17.3. The van der Waals surface area contributed by atoms with Crippen LogP contribution in [0.1, 0.15) is 47.8 Å². The lowest BCUT2D eigenvalue weighted by atomic mass is 9.96. The predicted octanol–water partition coefficient (Wildman–Crippen LogP) is 2.85. The molecule has 1 fully saturated rings. The van der Waals surface area contributed by atoms with Gasteiger partial charge in [0.1, 0.15) is 6.10 Å². The van der Waals surface area contributed by atoms with E-state index in [2.05, 4.69) is 20.3 Å². The van der Waals surface area contributed by atoms with E-state index in [4.69, 9.17) is 34.9 Å². The third-order valence-electron chi connectivity index (χ3n) is 5.10. The number of fused-ring (bicyclic) bond motifs is 1. The SMILES string of the molecule is CCOP(=O)(CO[C@H]1O[C@@H](n2cnc3c(NC(=O)C(C)(C)C)nc(Cl)nc32)[C@H](O)[C@@H]1OC(C)=O)OCC. The number of ether oxygens (including phenoxy) is 3. The molecule has 2 aromatic rings. The summed E-state index contributed by atoms with van der Waals surface area (Å²) in [6, 6.07) is 0. The van der Waals surface area contributed by atoms with Crippen LogP contribution in [-0.2, 0) is 37.4 Å². The van der Waals surface area contributed by atoms with Gasteiger partial charge < -0.3 is 33.7 Å². The monoisotopic (exact) mass is 563 g/mol. The van der Waals surface area contributed by atoms with Crippen molar-refractivity contribution in [2.24, 2.45) is 5.41 Å². The van der Waals surface area contributed by atoms with Crippen LogP contribution in [0, 0.1) is 5.41 Å². The van der Waals surface area contributed by atoms with Gasteiger partial charge in [-0.25, -0.2) is 4.98 Å². The zero-order chi connectivity index (χ0) is 27.5. The highest BCUT2D eigenvalue weighted by Crippen LogP contribution is 2.49. The fourth-order valence-corrected chi connectivity index (χ4v) is 4.93. The van der Waals surface area contributed by atoms with Crippen molar-refractivity contribution in [2.75, 3.05) is 24.9 Å². The molecule has 2 N–H and O–H groups in total. The molecule has 37 heavy (non-hydrogen) atoms. The van der Waals surface area contributed by atoms with Crippen LogP contribution in [0.4, 0.5) is 5.82 Å². The van der Waals surface area contributed by atoms with E-state index >= 15 is 0 Å². The molecule has 0 unspecified atom stereocenters. The van der Waals surface area contributed by atoms with Crippen LogP contribution in [-0.4, -0.2) is 74.6 Å². The summed E-state index contributed by atoms with van der Waals surface area (Å²) in [5.41, 5.74) is -0.408. The number of imidazole rings is 1. The molecule has 16 heteroatoms. The number of carbonyl (C=O) groups is 2. The van der Waals surface area contributed by atoms with E-state index in [-0.39, 0.29) is 41.4 Å². The summed E-state index contributed by atoms with van der Waals surface area (Å²) >= 11 is 6.11. The second kappa shape index (κ2) is 11.7. The first-order valence-electron chi connectivity index (χ1n) is 11.5. The molecule has 3 heterocycles. The zero-order valence-corrected chi connectivity index (χ0v) is 23.0. The van der Waals surface area contributed by atoms with Crippen LogP contribution in [0.15, 0.2) is 6.33 Å². The third kappa shape index (κ3) is 6.82. The Bertz CT molecular complexity index is 1180. The van der Waals surface area contributed by atoms with Gasteiger partial charge in [0.2, 0.25) is 17.5 Å². The smallest absolute Gasteiger partial charge is 0.356 e. The number of carbonyl (C=O) groups excluding carboxylic acids is 2. The number of hydrogen-bond acceptors (Lipinski definition) is 12. The number of aliphatic hydroxyl groups excluding tert-OH is 1. The number of nitrogens with one attached hydrogen (secondary N) is 1. The van der Waals surface area contributed by atoms with Crippen molar-refractivity contribution in [2.45, 2.75) is 66.3 Å². The molecule has 3 rings (SSSR count). The van der Waals surface area contributed by atoms with E-state index in [0.717, 1.165) is 6.92 Å². The molecule has 1 aliphatic heterocycles. The lowest BCUT2D eigenvalue weighted by Crippen LogP contribution is -2.37. The molecule has 1 amide bonds. The van der Waals surface area contributed by atoms with Crippen LogP contribution in [0.3, 0.4) is 0 Å². The van der Waals surface area contributed by atoms with Crippen LogP contribution in [0.2, 0.25) is 5.28 Å². The van der Waals surface area contributed by atoms with Crippen LogP contribution < -0.4 is 5.32 Å². The van der Waals surface area contributed by atoms with Crippen LogP contribution in [0.25, 0.3) is 11.2 Å². The fraction of sp³-hybridized carbons (Fsp3) is 0.667. The van der Waals surface area contributed by atoms with Crippen molar-refractivity contribution in [3.8, 4) is 0 Å². The highest BCUT2D eigenvalue weighted by atomic mass is 35.5. The summed E-state index contributed by atoms with van der Waals surface area (Å²) < 4.78 is 41.3. The van der Waals surface area contributed by atoms with Crippen molar-refractivity contribution in [1.29, 1.82) is 0 Å². The normalized spacial score (nSPS) is 22.4. The van der Waals surface area contributed by atoms with Crippen molar-refractivity contribution in [3.63, 3.8) is 0 Å². The van der Waals surface area contributed by atoms with Gasteiger partial charge in [0.25, 0.3) is 0 Å². The van der Waals surface area contributed by atoms with Gasteiger partial charge in [-0.05, 0) is 25.4 Å². The molecule has 0 aromatic carbocycles. The topological polar surface area (TPSA) is 173 Å². The molecule has 0 spiro atoms. The second-order valence-electron chi connectivity index (χ2n) is 9.07. The summed E-state index contributed by atoms with van der Waals surface area (Å²) in [6.07, 6.45) is -4.52. The van der Waals surface area contributed by atoms with Crippen LogP contribution in [0.5, 0.6) is 0 Å². The minimum absolute atomic E-state index is 0.0693. The number of anilines is 1. The Hall–Kier alpha value is -2.19. The van der Waals surface area contributed by atoms with Crippen LogP contribution >= 0.6 is 19.2 Å². The minimum Gasteiger partial charge on any atom is -0.454 e. The van der Waals surface area contributed by atoms with Gasteiger partial charge in [0.05, 0.1) is 19.5 Å². The van der Waals surface area contributed by atoms with Gasteiger partial charge in [0.15, 0.2) is 35.7 Å². The molecule has 14 nitrogen and oxygen atoms in total. The summed E-state index contributed by atoms with van der Waals surface area (Å²) in [5.74, 6) is -0.959. The molecule has 0 saturated carbocycles. The Labute approximate surface area is 218 Å². The molecule has 206 valence electrons. The number of amides is 1. The van der Waals surface area contributed by atoms with E-state index in [0.29, 0.717) is 0 Å². The Balaban J connectivity index is 1.93. The molecule has 2 aromatic heterocycles. The number of halogens is 1. The fourth-order valence-electron chi connectivity index (χ4n) is 3.43. The van der Waals surface area contributed by atoms with Gasteiger partial charge in [0, 0.05) is 12.3 Å². The van der Waals surface area contributed by atoms with Gasteiger partial charge in [-0.3, -0.25) is 18.7 Å². The molecule has 1 aliphatic rings. The third-order valence-corrected chi connectivity index (χ3v) is 7.04. The lowest BCUT2D eigenvalue weighted by molar-refractivity contribution is -0.186. The molecular weight excluding hydrogens is 533 g/mol. The number of aliphatic hydroxyl groups is 1. The van der Waals surface area contributed by atoms with E-state index in [1.54, 1.807) is 34.6 Å². The van der Waals surface area contributed by atoms with Crippen molar-refractivity contribution >= 4 is 48.1 Å². The van der Waals surface area contributed by atoms with E-state index in [1.807, 2.05) is 0 Å². The standard InChI is InChI=1S/C21H31ClN5O9P/c1-7-33-37(31,34-8-2)10-32-18-14(35-11(3)28)13(29)17(36-18)27-9-23-12-15(24-19(30)21(4,5)6)25-20(22)26-16(12)27/h9,13-14,17-18,29H,7-8,10H2,1-6H3,(H,24,25,26,30)/t13-,14+,17-,18+/m1/s1. The average Bonchev–Trinajstić information content (AvgIpc) is 3.33. The first-order valence-corrected chi connectivity index (χ1v) is 13.6. The lowest BCUT2D eigenvalue weighted by Gasteiger charge is -2.22. The maximum Gasteiger partial charge on any atom is 0.356 e. The molecular formula is C21H31ClN5O9P. The highest BCUT2D eigenvalue weighted by molar-refractivity contribution is 7.53. The second-order valence-corrected chi connectivity index (χ2v) is 11.4. The molecule has 0 bridgehead atoms. The number of aromatic nitrogens is 4. The average molecular weight is 564 g/mol. The Morgan fingerprint density at radius 2 is 1.89 bits per heavy atom. The first kappa shape index (κ1) is 29.4. The van der Waals surface area contributed by atoms with Gasteiger partial charge in [-0.2, -0.15) is 9.97 Å². The van der Waals surface area contributed by atoms with Crippen molar-refractivity contribution in [3.05, 3.63) is 11.6 Å². The van der Waals surface area contributed by atoms with Gasteiger partial charge in [-0.15, -0.1) is 0 Å². The molecule has 4 atom stereocenters. The van der Waals surface area contributed by atoms with E-state index in [9.17, 15) is 19.3 Å². The predicted molar refractivity (Wildman–Crippen MR) is 131 cm³/mol. The Morgan fingerprint density at radius 3 is 2.46 bits per heavy atom. The highest BCUT2D eigenvalue weighted by Gasteiger charge is 2.49. The van der Waals surface area contributed by atoms with Gasteiger partial charge in [-0.1, -0.05) is 20.8 Å². The summed E-state index contributed by atoms with van der Waals surface area (Å²) in [7, 11) is -3.63. The van der Waals surface area contributed by atoms with E-state index in [1.165, 1.54) is 10.9 Å². The number of hydrogen-bond donors (Lipinski definition) is 2. The number of esters is 1. The Morgan fingerprint density at radius 1 is 1.24 bits per heavy atom. The summed E-state index contributed by atoms with van der Waals surface area (Å²) in [4.78, 5) is 36.7. The van der Waals surface area contributed by atoms with Crippen molar-refractivity contribution < 1.29 is 42.5 Å². The largest absolute Gasteiger partial charge is 0.454 e. The zero-order valence-electron chi connectivity index (χ0n) is 21.3. The van der Waals surface area contributed by atoms with Crippen molar-refractivity contribution in [1.82, 2.24) is 19.5 Å².